The first-order valence-electron chi connectivity index (χ1n) is 5.98. The summed E-state index contributed by atoms with van der Waals surface area (Å²) in [5.41, 5.74) is 0. The Morgan fingerprint density at radius 2 is 1.28 bits per heavy atom. The lowest BCUT2D eigenvalue weighted by Crippen LogP contribution is -1.85. The van der Waals surface area contributed by atoms with E-state index >= 15 is 0 Å². The first kappa shape index (κ1) is 18.4. The maximum Gasteiger partial charge on any atom is 0.147 e. The monoisotopic (exact) mass is 250 g/mol. The number of hydrogen-bond acceptors (Lipinski definition) is 6. The summed E-state index contributed by atoms with van der Waals surface area (Å²) < 4.78 is 0. The molecule has 18 heavy (non-hydrogen) atoms. The molecule has 2 aromatic rings. The highest BCUT2D eigenvalue weighted by Crippen LogP contribution is 1.75. The molecule has 0 aliphatic heterocycles. The lowest BCUT2D eigenvalue weighted by molar-refractivity contribution is 0.907. The molecular weight excluding hydrogens is 228 g/mol. The summed E-state index contributed by atoms with van der Waals surface area (Å²) in [6.07, 6.45) is 6.11. The van der Waals surface area contributed by atoms with Crippen LogP contribution in [0.25, 0.3) is 0 Å². The van der Waals surface area contributed by atoms with E-state index in [1.807, 2.05) is 34.6 Å². The van der Waals surface area contributed by atoms with E-state index < -0.39 is 0 Å². The molecule has 0 aliphatic carbocycles. The Labute approximate surface area is 109 Å². The molecule has 6 nitrogen and oxygen atoms in total. The average molecular weight is 250 g/mol. The molecule has 0 fully saturated rings. The van der Waals surface area contributed by atoms with E-state index in [1.54, 1.807) is 19.3 Å². The zero-order valence-electron chi connectivity index (χ0n) is 12.0. The molecule has 0 unspecified atom stereocenters. The predicted octanol–water partition coefficient (Wildman–Crippen LogP) is 2.41. The molecule has 0 atom stereocenters. The number of hydrogen-bond donors (Lipinski definition) is 0. The number of aryl methyl sites for hydroxylation is 2. The Hall–Kier alpha value is -1.98. The van der Waals surface area contributed by atoms with E-state index in [0.717, 1.165) is 5.82 Å². The van der Waals surface area contributed by atoms with Crippen LogP contribution in [0, 0.1) is 13.8 Å². The van der Waals surface area contributed by atoms with E-state index in [-0.39, 0.29) is 0 Å². The molecular formula is C12H22N6. The van der Waals surface area contributed by atoms with Gasteiger partial charge in [-0.15, -0.1) is 5.10 Å². The van der Waals surface area contributed by atoms with Crippen molar-refractivity contribution >= 4 is 0 Å². The van der Waals surface area contributed by atoms with E-state index in [4.69, 9.17) is 0 Å². The Balaban J connectivity index is 0. The van der Waals surface area contributed by atoms with Crippen LogP contribution in [0.2, 0.25) is 0 Å². The van der Waals surface area contributed by atoms with Crippen LogP contribution in [0.5, 0.6) is 0 Å². The van der Waals surface area contributed by atoms with E-state index in [1.165, 1.54) is 12.7 Å². The van der Waals surface area contributed by atoms with E-state index in [9.17, 15) is 0 Å². The maximum atomic E-state index is 3.81. The summed E-state index contributed by atoms with van der Waals surface area (Å²) in [5.74, 6) is 1.47. The van der Waals surface area contributed by atoms with Gasteiger partial charge in [0.25, 0.3) is 0 Å². The lowest BCUT2D eigenvalue weighted by atomic mass is 10.7. The summed E-state index contributed by atoms with van der Waals surface area (Å²) in [6, 6.07) is 0. The SMILES string of the molecule is CC.CC.Cc1nccnn1.Cc1ncncn1. The molecule has 0 aromatic carbocycles. The van der Waals surface area contributed by atoms with Crippen molar-refractivity contribution in [1.29, 1.82) is 0 Å². The van der Waals surface area contributed by atoms with Gasteiger partial charge in [-0.3, -0.25) is 0 Å². The van der Waals surface area contributed by atoms with Crippen LogP contribution >= 0.6 is 0 Å². The van der Waals surface area contributed by atoms with Crippen molar-refractivity contribution in [2.45, 2.75) is 41.5 Å². The van der Waals surface area contributed by atoms with Crippen molar-refractivity contribution in [3.63, 3.8) is 0 Å². The van der Waals surface area contributed by atoms with Gasteiger partial charge in [0.2, 0.25) is 0 Å². The van der Waals surface area contributed by atoms with Crippen LogP contribution in [-0.4, -0.2) is 30.1 Å². The topological polar surface area (TPSA) is 77.3 Å². The van der Waals surface area contributed by atoms with Gasteiger partial charge < -0.3 is 0 Å². The quantitative estimate of drug-likeness (QED) is 0.714. The molecule has 0 aliphatic rings. The van der Waals surface area contributed by atoms with Gasteiger partial charge in [-0.1, -0.05) is 27.7 Å². The summed E-state index contributed by atoms with van der Waals surface area (Å²) in [4.78, 5) is 14.9. The average Bonchev–Trinajstić information content (AvgIpc) is 2.46. The van der Waals surface area contributed by atoms with Gasteiger partial charge in [0, 0.05) is 6.20 Å². The first-order valence-corrected chi connectivity index (χ1v) is 5.98. The number of rotatable bonds is 0. The molecule has 2 rings (SSSR count). The minimum absolute atomic E-state index is 0.711. The van der Waals surface area contributed by atoms with E-state index in [0.29, 0.717) is 5.82 Å². The van der Waals surface area contributed by atoms with E-state index in [2.05, 4.69) is 30.1 Å². The van der Waals surface area contributed by atoms with Crippen LogP contribution in [0.3, 0.4) is 0 Å². The smallest absolute Gasteiger partial charge is 0.147 e. The first-order chi connectivity index (χ1) is 8.79. The lowest BCUT2D eigenvalue weighted by Gasteiger charge is -1.80. The molecule has 0 saturated carbocycles. The Bertz CT molecular complexity index is 314. The number of nitrogens with zero attached hydrogens (tertiary/aromatic N) is 6. The zero-order chi connectivity index (χ0) is 14.2. The maximum absolute atomic E-state index is 3.81. The van der Waals surface area contributed by atoms with Crippen molar-refractivity contribution in [1.82, 2.24) is 30.1 Å². The molecule has 6 heteroatoms. The second-order valence-electron chi connectivity index (χ2n) is 2.38. The highest BCUT2D eigenvalue weighted by atomic mass is 15.1. The highest BCUT2D eigenvalue weighted by molar-refractivity contribution is 4.74. The zero-order valence-corrected chi connectivity index (χ0v) is 12.0. The molecule has 100 valence electrons. The third-order valence-corrected chi connectivity index (χ3v) is 1.22. The van der Waals surface area contributed by atoms with Gasteiger partial charge >= 0.3 is 0 Å². The molecule has 2 aromatic heterocycles. The van der Waals surface area contributed by atoms with Gasteiger partial charge in [0.1, 0.15) is 24.3 Å². The van der Waals surface area contributed by atoms with Crippen LogP contribution in [0.4, 0.5) is 0 Å². The molecule has 0 saturated heterocycles. The largest absolute Gasteiger partial charge is 0.238 e. The third-order valence-electron chi connectivity index (χ3n) is 1.22. The van der Waals surface area contributed by atoms with Gasteiger partial charge in [0.05, 0.1) is 6.20 Å². The third kappa shape index (κ3) is 12.1. The summed E-state index contributed by atoms with van der Waals surface area (Å²) >= 11 is 0. The van der Waals surface area contributed by atoms with Crippen LogP contribution < -0.4 is 0 Å². The molecule has 0 radical (unpaired) electrons. The molecule has 0 N–H and O–H groups in total. The van der Waals surface area contributed by atoms with Crippen LogP contribution in [0.1, 0.15) is 39.3 Å². The standard InChI is InChI=1S/2C4H5N3.2C2H6/c1-4-6-2-5-3-7-4;1-4-5-2-3-6-7-4;2*1-2/h2*2-3H,1H3;2*1-2H3. The Morgan fingerprint density at radius 3 is 1.50 bits per heavy atom. The van der Waals surface area contributed by atoms with Gasteiger partial charge in [0.15, 0.2) is 0 Å². The molecule has 0 spiro atoms. The molecule has 0 bridgehead atoms. The highest BCUT2D eigenvalue weighted by Gasteiger charge is 1.76. The van der Waals surface area contributed by atoms with Crippen LogP contribution in [-0.2, 0) is 0 Å². The van der Waals surface area contributed by atoms with Crippen molar-refractivity contribution < 1.29 is 0 Å². The fourth-order valence-electron chi connectivity index (χ4n) is 0.611. The molecule has 0 amide bonds. The summed E-state index contributed by atoms with van der Waals surface area (Å²) in [5, 5.41) is 7.19. The minimum atomic E-state index is 0.711. The second kappa shape index (κ2) is 15.0. The molecule has 2 heterocycles. The van der Waals surface area contributed by atoms with Crippen molar-refractivity contribution in [2.24, 2.45) is 0 Å². The van der Waals surface area contributed by atoms with Crippen molar-refractivity contribution in [3.05, 3.63) is 36.7 Å². The fourth-order valence-corrected chi connectivity index (χ4v) is 0.611. The predicted molar refractivity (Wildman–Crippen MR) is 71.8 cm³/mol. The van der Waals surface area contributed by atoms with Gasteiger partial charge in [-0.25, -0.2) is 19.9 Å². The summed E-state index contributed by atoms with van der Waals surface area (Å²) in [7, 11) is 0. The minimum Gasteiger partial charge on any atom is -0.238 e. The summed E-state index contributed by atoms with van der Waals surface area (Å²) in [6.45, 7) is 11.6. The van der Waals surface area contributed by atoms with Gasteiger partial charge in [-0.2, -0.15) is 5.10 Å². The fraction of sp³-hybridized carbons (Fsp3) is 0.500. The second-order valence-corrected chi connectivity index (χ2v) is 2.38. The number of aromatic nitrogens is 6. The van der Waals surface area contributed by atoms with Crippen molar-refractivity contribution in [3.8, 4) is 0 Å². The Kier molecular flexibility index (Phi) is 15.3. The Morgan fingerprint density at radius 1 is 0.722 bits per heavy atom. The van der Waals surface area contributed by atoms with Crippen molar-refractivity contribution in [2.75, 3.05) is 0 Å². The van der Waals surface area contributed by atoms with Crippen LogP contribution in [0.15, 0.2) is 25.0 Å². The van der Waals surface area contributed by atoms with Gasteiger partial charge in [-0.05, 0) is 13.8 Å². The normalized spacial score (nSPS) is 7.44.